The Labute approximate surface area is 175 Å². The standard InChI is InChI=1S/C22H26N4O4/c1-3-25(4-2)15-7-10-26(11-8-15)21-18(22(28)29)19(27)17(30-21)12-14-13-24-20-16(14)6-5-9-23-20/h5-6,9,12-13,15,27H,3-4,7-8,10-11H2,1-2H3,(H,28,29). The van der Waals surface area contributed by atoms with Crippen LogP contribution in [-0.4, -0.2) is 64.5 Å². The number of piperidine rings is 1. The summed E-state index contributed by atoms with van der Waals surface area (Å²) in [4.78, 5) is 24.7. The molecular weight excluding hydrogens is 384 g/mol. The summed E-state index contributed by atoms with van der Waals surface area (Å²) in [6.07, 6.45) is 6.75. The number of rotatable bonds is 6. The first kappa shape index (κ1) is 20.2. The Morgan fingerprint density at radius 2 is 2.07 bits per heavy atom. The lowest BCUT2D eigenvalue weighted by molar-refractivity contribution is 0.0694. The number of anilines is 1. The summed E-state index contributed by atoms with van der Waals surface area (Å²) < 4.78 is 5.89. The zero-order valence-electron chi connectivity index (χ0n) is 17.2. The molecule has 2 aromatic heterocycles. The molecule has 0 aliphatic carbocycles. The molecule has 2 aliphatic heterocycles. The van der Waals surface area contributed by atoms with Crippen LogP contribution in [0.25, 0.3) is 11.6 Å². The number of furan rings is 1. The predicted molar refractivity (Wildman–Crippen MR) is 116 cm³/mol. The zero-order valence-corrected chi connectivity index (χ0v) is 17.2. The Balaban J connectivity index is 1.62. The van der Waals surface area contributed by atoms with Gasteiger partial charge in [0.15, 0.2) is 22.9 Å². The summed E-state index contributed by atoms with van der Waals surface area (Å²) in [5.74, 6) is -0.643. The summed E-state index contributed by atoms with van der Waals surface area (Å²) in [5.41, 5.74) is 1.34. The van der Waals surface area contributed by atoms with E-state index in [0.717, 1.165) is 31.5 Å². The molecule has 8 nitrogen and oxygen atoms in total. The number of aromatic hydroxyl groups is 1. The van der Waals surface area contributed by atoms with Gasteiger partial charge in [-0.15, -0.1) is 0 Å². The topological polar surface area (TPSA) is 102 Å². The smallest absolute Gasteiger partial charge is 0.345 e. The molecule has 2 N–H and O–H groups in total. The van der Waals surface area contributed by atoms with Gasteiger partial charge in [-0.2, -0.15) is 0 Å². The number of carbonyl (C=O) groups is 1. The molecule has 0 amide bonds. The van der Waals surface area contributed by atoms with Crippen LogP contribution in [0.15, 0.2) is 27.7 Å². The molecular formula is C22H26N4O4. The number of allylic oxidation sites excluding steroid dienone is 1. The van der Waals surface area contributed by atoms with Gasteiger partial charge >= 0.3 is 5.97 Å². The third-order valence-corrected chi connectivity index (χ3v) is 5.90. The van der Waals surface area contributed by atoms with E-state index in [1.165, 1.54) is 0 Å². The molecule has 0 spiro atoms. The van der Waals surface area contributed by atoms with Crippen LogP contribution >= 0.6 is 0 Å². The molecule has 30 heavy (non-hydrogen) atoms. The zero-order chi connectivity index (χ0) is 21.3. The third kappa shape index (κ3) is 3.59. The van der Waals surface area contributed by atoms with E-state index in [4.69, 9.17) is 4.42 Å². The molecule has 158 valence electrons. The minimum absolute atomic E-state index is 0.117. The van der Waals surface area contributed by atoms with Gasteiger partial charge in [-0.25, -0.2) is 14.8 Å². The fourth-order valence-electron chi connectivity index (χ4n) is 4.30. The molecule has 0 unspecified atom stereocenters. The average molecular weight is 410 g/mol. The number of pyridine rings is 1. The molecule has 1 saturated heterocycles. The van der Waals surface area contributed by atoms with E-state index in [1.807, 2.05) is 11.0 Å². The molecule has 2 aromatic rings. The summed E-state index contributed by atoms with van der Waals surface area (Å²) in [7, 11) is 0. The van der Waals surface area contributed by atoms with Crippen molar-refractivity contribution in [2.75, 3.05) is 31.1 Å². The van der Waals surface area contributed by atoms with Crippen molar-refractivity contribution in [3.05, 3.63) is 35.2 Å². The van der Waals surface area contributed by atoms with E-state index in [2.05, 4.69) is 28.7 Å². The number of hydrogen-bond acceptors (Lipinski definition) is 7. The van der Waals surface area contributed by atoms with Crippen LogP contribution in [0.3, 0.4) is 0 Å². The second-order valence-corrected chi connectivity index (χ2v) is 7.47. The van der Waals surface area contributed by atoms with Gasteiger partial charge in [-0.3, -0.25) is 0 Å². The van der Waals surface area contributed by atoms with Crippen molar-refractivity contribution < 1.29 is 19.4 Å². The van der Waals surface area contributed by atoms with Gasteiger partial charge in [0.25, 0.3) is 0 Å². The maximum Gasteiger partial charge on any atom is 0.345 e. The number of hydrogen-bond donors (Lipinski definition) is 2. The summed E-state index contributed by atoms with van der Waals surface area (Å²) in [6.45, 7) is 7.67. The van der Waals surface area contributed by atoms with E-state index < -0.39 is 5.97 Å². The fraction of sp³-hybridized carbons (Fsp3) is 0.409. The Bertz CT molecular complexity index is 999. The predicted octanol–water partition coefficient (Wildman–Crippen LogP) is 3.65. The van der Waals surface area contributed by atoms with Gasteiger partial charge in [0.05, 0.1) is 0 Å². The molecule has 8 heteroatoms. The second-order valence-electron chi connectivity index (χ2n) is 7.47. The van der Waals surface area contributed by atoms with Gasteiger partial charge in [-0.05, 0) is 44.1 Å². The first-order valence-electron chi connectivity index (χ1n) is 10.3. The summed E-state index contributed by atoms with van der Waals surface area (Å²) in [6, 6.07) is 4.16. The lowest BCUT2D eigenvalue weighted by Gasteiger charge is -2.37. The minimum Gasteiger partial charge on any atom is -0.504 e. The average Bonchev–Trinajstić information content (AvgIpc) is 3.31. The Morgan fingerprint density at radius 3 is 2.73 bits per heavy atom. The van der Waals surface area contributed by atoms with Gasteiger partial charge in [0.1, 0.15) is 0 Å². The van der Waals surface area contributed by atoms with Crippen LogP contribution < -0.4 is 4.90 Å². The van der Waals surface area contributed by atoms with Gasteiger partial charge < -0.3 is 24.4 Å². The molecule has 0 radical (unpaired) electrons. The first-order valence-corrected chi connectivity index (χ1v) is 10.3. The summed E-state index contributed by atoms with van der Waals surface area (Å²) >= 11 is 0. The summed E-state index contributed by atoms with van der Waals surface area (Å²) in [5, 5.41) is 20.3. The fourth-order valence-corrected chi connectivity index (χ4v) is 4.30. The maximum absolute atomic E-state index is 11.9. The van der Waals surface area contributed by atoms with E-state index in [0.29, 0.717) is 30.5 Å². The quantitative estimate of drug-likeness (QED) is 0.749. The van der Waals surface area contributed by atoms with Gasteiger partial charge in [0, 0.05) is 42.7 Å². The minimum atomic E-state index is -1.20. The van der Waals surface area contributed by atoms with Crippen molar-refractivity contribution in [2.45, 2.75) is 32.7 Å². The molecule has 0 saturated carbocycles. The van der Waals surface area contributed by atoms with Crippen molar-refractivity contribution in [3.8, 4) is 5.75 Å². The molecule has 4 rings (SSSR count). The number of aromatic nitrogens is 1. The van der Waals surface area contributed by atoms with Crippen molar-refractivity contribution in [1.82, 2.24) is 9.88 Å². The van der Waals surface area contributed by atoms with Crippen LogP contribution in [0.4, 0.5) is 11.7 Å². The van der Waals surface area contributed by atoms with Gasteiger partial charge in [0.2, 0.25) is 5.88 Å². The highest BCUT2D eigenvalue weighted by molar-refractivity contribution is 6.21. The highest BCUT2D eigenvalue weighted by Gasteiger charge is 2.32. The highest BCUT2D eigenvalue weighted by atomic mass is 16.4. The largest absolute Gasteiger partial charge is 0.504 e. The normalized spacial score (nSPS) is 17.8. The monoisotopic (exact) mass is 410 g/mol. The third-order valence-electron chi connectivity index (χ3n) is 5.90. The molecule has 0 atom stereocenters. The number of carboxylic acids is 1. The van der Waals surface area contributed by atoms with E-state index in [-0.39, 0.29) is 23.0 Å². The number of carboxylic acid groups (broad SMARTS) is 1. The van der Waals surface area contributed by atoms with Crippen LogP contribution in [0.1, 0.15) is 48.4 Å². The Hall–Kier alpha value is -3.13. The molecule has 4 heterocycles. The highest BCUT2D eigenvalue weighted by Crippen LogP contribution is 2.40. The first-order chi connectivity index (χ1) is 14.5. The second kappa shape index (κ2) is 8.31. The number of nitrogens with zero attached hydrogens (tertiary/aromatic N) is 4. The van der Waals surface area contributed by atoms with E-state index >= 15 is 0 Å². The van der Waals surface area contributed by atoms with E-state index in [9.17, 15) is 15.0 Å². The SMILES string of the molecule is CCN(CC)C1CCN(c2oc(C=C3C=Nc4ncccc43)c(O)c2C(=O)O)CC1. The lowest BCUT2D eigenvalue weighted by Crippen LogP contribution is -2.45. The van der Waals surface area contributed by atoms with Gasteiger partial charge in [-0.1, -0.05) is 13.8 Å². The number of fused-ring (bicyclic) bond motifs is 1. The molecule has 0 bridgehead atoms. The van der Waals surface area contributed by atoms with Crippen LogP contribution in [0, 0.1) is 0 Å². The van der Waals surface area contributed by atoms with Crippen LogP contribution in [0.2, 0.25) is 0 Å². The van der Waals surface area contributed by atoms with E-state index in [1.54, 1.807) is 24.6 Å². The maximum atomic E-state index is 11.9. The van der Waals surface area contributed by atoms with Crippen LogP contribution in [0.5, 0.6) is 5.75 Å². The molecule has 0 aromatic carbocycles. The van der Waals surface area contributed by atoms with Crippen molar-refractivity contribution in [3.63, 3.8) is 0 Å². The Morgan fingerprint density at radius 1 is 1.33 bits per heavy atom. The Kier molecular flexibility index (Phi) is 5.59. The van der Waals surface area contributed by atoms with Crippen molar-refractivity contribution >= 4 is 35.5 Å². The molecule has 1 fully saturated rings. The van der Waals surface area contributed by atoms with Crippen molar-refractivity contribution in [2.24, 2.45) is 4.99 Å². The number of aromatic carboxylic acids is 1. The van der Waals surface area contributed by atoms with Crippen LogP contribution in [-0.2, 0) is 0 Å². The molecule has 2 aliphatic rings. The number of aliphatic imine (C=N–C) groups is 1. The lowest BCUT2D eigenvalue weighted by atomic mass is 10.0. The van der Waals surface area contributed by atoms with Crippen molar-refractivity contribution in [1.29, 1.82) is 0 Å².